The highest BCUT2D eigenvalue weighted by atomic mass is 35.5. The number of benzene rings is 1. The summed E-state index contributed by atoms with van der Waals surface area (Å²) < 4.78 is 27.3. The van der Waals surface area contributed by atoms with Gasteiger partial charge in [-0.2, -0.15) is 4.31 Å². The lowest BCUT2D eigenvalue weighted by atomic mass is 10.0. The molecule has 0 saturated carbocycles. The van der Waals surface area contributed by atoms with E-state index in [4.69, 9.17) is 5.73 Å². The molecule has 1 amide bonds. The minimum atomic E-state index is -3.54. The molecule has 0 aliphatic carbocycles. The molecule has 0 unspecified atom stereocenters. The third kappa shape index (κ3) is 5.19. The summed E-state index contributed by atoms with van der Waals surface area (Å²) in [6, 6.07) is 4.93. The van der Waals surface area contributed by atoms with Crippen LogP contribution in [0.1, 0.15) is 31.4 Å². The molecule has 1 aliphatic rings. The lowest BCUT2D eigenvalue weighted by Crippen LogP contribution is -2.54. The molecule has 6 nitrogen and oxygen atoms in total. The number of amides is 1. The van der Waals surface area contributed by atoms with Gasteiger partial charge in [-0.1, -0.05) is 26.0 Å². The fourth-order valence-electron chi connectivity index (χ4n) is 3.12. The number of rotatable bonds is 5. The Morgan fingerprint density at radius 2 is 1.73 bits per heavy atom. The molecule has 1 saturated heterocycles. The first-order valence-electron chi connectivity index (χ1n) is 8.74. The van der Waals surface area contributed by atoms with Crippen molar-refractivity contribution in [1.82, 2.24) is 9.21 Å². The van der Waals surface area contributed by atoms with Crippen LogP contribution in [0.3, 0.4) is 0 Å². The fourth-order valence-corrected chi connectivity index (χ4v) is 4.85. The van der Waals surface area contributed by atoms with E-state index in [1.165, 1.54) is 4.31 Å². The molecular formula is C18H30ClN3O3S. The summed E-state index contributed by atoms with van der Waals surface area (Å²) >= 11 is 0. The number of aryl methyl sites for hydroxylation is 2. The smallest absolute Gasteiger partial charge is 0.243 e. The zero-order chi connectivity index (χ0) is 18.8. The Labute approximate surface area is 163 Å². The van der Waals surface area contributed by atoms with Gasteiger partial charge in [0.1, 0.15) is 0 Å². The van der Waals surface area contributed by atoms with Crippen LogP contribution < -0.4 is 5.73 Å². The van der Waals surface area contributed by atoms with Gasteiger partial charge in [-0.05, 0) is 43.4 Å². The van der Waals surface area contributed by atoms with E-state index in [2.05, 4.69) is 0 Å². The Morgan fingerprint density at radius 1 is 1.15 bits per heavy atom. The van der Waals surface area contributed by atoms with E-state index < -0.39 is 16.1 Å². The van der Waals surface area contributed by atoms with Gasteiger partial charge in [0.15, 0.2) is 0 Å². The van der Waals surface area contributed by atoms with Gasteiger partial charge >= 0.3 is 0 Å². The van der Waals surface area contributed by atoms with Crippen molar-refractivity contribution in [3.63, 3.8) is 0 Å². The number of halogens is 1. The average molecular weight is 404 g/mol. The fraction of sp³-hybridized carbons (Fsp3) is 0.611. The standard InChI is InChI=1S/C18H29N3O3S.ClH/c1-13(2)11-16(19)18(22)20-7-9-21(10-8-20)25(23,24)17-12-14(3)5-6-15(17)4;/h5-6,12-13,16H,7-11,19H2,1-4H3;1H/t16-;/m0./s1. The van der Waals surface area contributed by atoms with Crippen LogP contribution in [-0.2, 0) is 14.8 Å². The zero-order valence-corrected chi connectivity index (χ0v) is 17.6. The van der Waals surface area contributed by atoms with Crippen molar-refractivity contribution in [2.75, 3.05) is 26.2 Å². The summed E-state index contributed by atoms with van der Waals surface area (Å²) in [5.41, 5.74) is 7.63. The summed E-state index contributed by atoms with van der Waals surface area (Å²) in [6.45, 7) is 9.11. The molecule has 2 N–H and O–H groups in total. The van der Waals surface area contributed by atoms with E-state index in [9.17, 15) is 13.2 Å². The van der Waals surface area contributed by atoms with Crippen molar-refractivity contribution in [2.45, 2.75) is 45.1 Å². The number of carbonyl (C=O) groups excluding carboxylic acids is 1. The second-order valence-corrected chi connectivity index (χ2v) is 9.14. The predicted octanol–water partition coefficient (Wildman–Crippen LogP) is 1.93. The van der Waals surface area contributed by atoms with Gasteiger partial charge in [-0.25, -0.2) is 8.42 Å². The largest absolute Gasteiger partial charge is 0.339 e. The Bertz CT molecular complexity index is 729. The molecule has 148 valence electrons. The number of nitrogens with zero attached hydrogens (tertiary/aromatic N) is 2. The quantitative estimate of drug-likeness (QED) is 0.814. The number of sulfonamides is 1. The molecule has 0 radical (unpaired) electrons. The highest BCUT2D eigenvalue weighted by Crippen LogP contribution is 2.22. The molecule has 0 spiro atoms. The minimum absolute atomic E-state index is 0. The first-order chi connectivity index (χ1) is 11.6. The summed E-state index contributed by atoms with van der Waals surface area (Å²) in [4.78, 5) is 14.4. The SMILES string of the molecule is Cc1ccc(C)c(S(=O)(=O)N2CCN(C(=O)[C@@H](N)CC(C)C)CC2)c1.Cl. The van der Waals surface area contributed by atoms with Crippen molar-refractivity contribution in [3.05, 3.63) is 29.3 Å². The van der Waals surface area contributed by atoms with Crippen molar-refractivity contribution >= 4 is 28.3 Å². The average Bonchev–Trinajstić information content (AvgIpc) is 2.55. The first kappa shape index (κ1) is 22.9. The van der Waals surface area contributed by atoms with Crippen LogP contribution in [0.2, 0.25) is 0 Å². The molecule has 1 heterocycles. The van der Waals surface area contributed by atoms with Gasteiger partial charge in [-0.3, -0.25) is 4.79 Å². The van der Waals surface area contributed by atoms with Gasteiger partial charge in [0.2, 0.25) is 15.9 Å². The summed E-state index contributed by atoms with van der Waals surface area (Å²) in [7, 11) is -3.54. The lowest BCUT2D eigenvalue weighted by Gasteiger charge is -2.35. The molecule has 1 fully saturated rings. The number of nitrogens with two attached hydrogens (primary N) is 1. The Balaban J connectivity index is 0.00000338. The van der Waals surface area contributed by atoms with Crippen LogP contribution in [0.25, 0.3) is 0 Å². The van der Waals surface area contributed by atoms with Crippen LogP contribution >= 0.6 is 12.4 Å². The number of hydrogen-bond acceptors (Lipinski definition) is 4. The van der Waals surface area contributed by atoms with Gasteiger partial charge in [0.05, 0.1) is 10.9 Å². The molecule has 1 aliphatic heterocycles. The van der Waals surface area contributed by atoms with Crippen LogP contribution in [0.15, 0.2) is 23.1 Å². The van der Waals surface area contributed by atoms with Crippen molar-refractivity contribution in [1.29, 1.82) is 0 Å². The van der Waals surface area contributed by atoms with Crippen LogP contribution in [-0.4, -0.2) is 55.8 Å². The van der Waals surface area contributed by atoms with Crippen LogP contribution in [0.5, 0.6) is 0 Å². The maximum Gasteiger partial charge on any atom is 0.243 e. The van der Waals surface area contributed by atoms with Crippen LogP contribution in [0, 0.1) is 19.8 Å². The third-order valence-electron chi connectivity index (χ3n) is 4.55. The summed E-state index contributed by atoms with van der Waals surface area (Å²) in [5, 5.41) is 0. The Hall–Kier alpha value is -1.15. The molecule has 2 rings (SSSR count). The Kier molecular flexibility index (Phi) is 8.07. The van der Waals surface area contributed by atoms with Crippen LogP contribution in [0.4, 0.5) is 0 Å². The van der Waals surface area contributed by atoms with E-state index in [1.54, 1.807) is 17.9 Å². The maximum atomic E-state index is 12.9. The maximum absolute atomic E-state index is 12.9. The number of hydrogen-bond donors (Lipinski definition) is 1. The highest BCUT2D eigenvalue weighted by molar-refractivity contribution is 7.89. The second kappa shape index (κ2) is 9.17. The molecule has 1 aromatic carbocycles. The van der Waals surface area contributed by atoms with Gasteiger partial charge in [-0.15, -0.1) is 12.4 Å². The van der Waals surface area contributed by atoms with Crippen molar-refractivity contribution in [2.24, 2.45) is 11.7 Å². The number of piperazine rings is 1. The number of carbonyl (C=O) groups is 1. The Morgan fingerprint density at radius 3 is 2.27 bits per heavy atom. The molecule has 1 atom stereocenters. The molecule has 0 aromatic heterocycles. The monoisotopic (exact) mass is 403 g/mol. The summed E-state index contributed by atoms with van der Waals surface area (Å²) in [6.07, 6.45) is 0.639. The van der Waals surface area contributed by atoms with Crippen molar-refractivity contribution < 1.29 is 13.2 Å². The zero-order valence-electron chi connectivity index (χ0n) is 15.9. The van der Waals surface area contributed by atoms with E-state index in [1.807, 2.05) is 32.9 Å². The lowest BCUT2D eigenvalue weighted by molar-refractivity contribution is -0.134. The molecule has 8 heteroatoms. The first-order valence-corrected chi connectivity index (χ1v) is 10.2. The molecule has 1 aromatic rings. The predicted molar refractivity (Wildman–Crippen MR) is 106 cm³/mol. The van der Waals surface area contributed by atoms with E-state index in [0.29, 0.717) is 43.4 Å². The molecule has 0 bridgehead atoms. The van der Waals surface area contributed by atoms with E-state index in [-0.39, 0.29) is 18.3 Å². The minimum Gasteiger partial charge on any atom is -0.339 e. The second-order valence-electron chi connectivity index (χ2n) is 7.23. The van der Waals surface area contributed by atoms with Crippen molar-refractivity contribution in [3.8, 4) is 0 Å². The van der Waals surface area contributed by atoms with Gasteiger partial charge in [0, 0.05) is 26.2 Å². The summed E-state index contributed by atoms with van der Waals surface area (Å²) in [5.74, 6) is 0.266. The third-order valence-corrected chi connectivity index (χ3v) is 6.59. The highest BCUT2D eigenvalue weighted by Gasteiger charge is 2.32. The van der Waals surface area contributed by atoms with E-state index >= 15 is 0 Å². The molecular weight excluding hydrogens is 374 g/mol. The topological polar surface area (TPSA) is 83.7 Å². The normalized spacial score (nSPS) is 17.1. The van der Waals surface area contributed by atoms with Gasteiger partial charge in [0.25, 0.3) is 0 Å². The molecule has 26 heavy (non-hydrogen) atoms. The van der Waals surface area contributed by atoms with Gasteiger partial charge < -0.3 is 10.6 Å². The van der Waals surface area contributed by atoms with E-state index in [0.717, 1.165) is 11.1 Å².